The van der Waals surface area contributed by atoms with Gasteiger partial charge in [0, 0.05) is 17.5 Å². The molecule has 0 spiro atoms. The van der Waals surface area contributed by atoms with Crippen LogP contribution in [0.15, 0.2) is 28.7 Å². The van der Waals surface area contributed by atoms with Crippen LogP contribution >= 0.6 is 15.9 Å². The van der Waals surface area contributed by atoms with Crippen LogP contribution in [0.2, 0.25) is 0 Å². The maximum absolute atomic E-state index is 12.4. The van der Waals surface area contributed by atoms with Crippen LogP contribution in [-0.4, -0.2) is 43.3 Å². The molecule has 1 aromatic carbocycles. The second-order valence-electron chi connectivity index (χ2n) is 6.80. The number of nitrogens with one attached hydrogen (secondary N) is 1. The van der Waals surface area contributed by atoms with Crippen LogP contribution in [0.4, 0.5) is 5.82 Å². The number of hydrogen-bond acceptors (Lipinski definition) is 7. The van der Waals surface area contributed by atoms with E-state index in [-0.39, 0.29) is 11.3 Å². The topological polar surface area (TPSA) is 119 Å². The largest absolute Gasteiger partial charge is 0.506 e. The SMILES string of the molecule is Cc1cc(Br)c(O)c(C(=O)OCC(=O)Nc2cc(C)nn2-c2nc(C)cc(C)n2)c1. The van der Waals surface area contributed by atoms with Gasteiger partial charge < -0.3 is 15.2 Å². The van der Waals surface area contributed by atoms with Gasteiger partial charge in [0.1, 0.15) is 17.1 Å². The molecular formula is C20H20BrN5O4. The van der Waals surface area contributed by atoms with E-state index in [2.05, 4.69) is 36.3 Å². The number of esters is 1. The molecule has 0 bridgehead atoms. The molecular weight excluding hydrogens is 454 g/mol. The molecule has 9 nitrogen and oxygen atoms in total. The van der Waals surface area contributed by atoms with Crippen molar-refractivity contribution in [1.29, 1.82) is 0 Å². The summed E-state index contributed by atoms with van der Waals surface area (Å²) >= 11 is 3.17. The molecule has 2 N–H and O–H groups in total. The van der Waals surface area contributed by atoms with Gasteiger partial charge in [0.05, 0.1) is 10.2 Å². The second-order valence-corrected chi connectivity index (χ2v) is 7.66. The number of halogens is 1. The Hall–Kier alpha value is -3.27. The van der Waals surface area contributed by atoms with Crippen molar-refractivity contribution in [3.05, 3.63) is 56.9 Å². The van der Waals surface area contributed by atoms with Crippen LogP contribution in [0, 0.1) is 27.7 Å². The maximum Gasteiger partial charge on any atom is 0.342 e. The van der Waals surface area contributed by atoms with Gasteiger partial charge in [-0.25, -0.2) is 14.8 Å². The molecule has 3 rings (SSSR count). The van der Waals surface area contributed by atoms with Crippen molar-refractivity contribution in [2.24, 2.45) is 0 Å². The number of phenols is 1. The number of rotatable bonds is 5. The third kappa shape index (κ3) is 4.82. The lowest BCUT2D eigenvalue weighted by Crippen LogP contribution is -2.23. The van der Waals surface area contributed by atoms with Crippen molar-refractivity contribution in [1.82, 2.24) is 19.7 Å². The first-order valence-corrected chi connectivity index (χ1v) is 9.78. The zero-order valence-corrected chi connectivity index (χ0v) is 18.4. The molecule has 2 heterocycles. The van der Waals surface area contributed by atoms with Gasteiger partial charge in [0.2, 0.25) is 0 Å². The third-order valence-corrected chi connectivity index (χ3v) is 4.63. The van der Waals surface area contributed by atoms with Crippen LogP contribution in [0.25, 0.3) is 5.95 Å². The van der Waals surface area contributed by atoms with E-state index >= 15 is 0 Å². The van der Waals surface area contributed by atoms with Crippen LogP contribution in [0.3, 0.4) is 0 Å². The number of anilines is 1. The lowest BCUT2D eigenvalue weighted by Gasteiger charge is -2.10. The maximum atomic E-state index is 12.4. The molecule has 1 amide bonds. The van der Waals surface area contributed by atoms with Crippen LogP contribution in [-0.2, 0) is 9.53 Å². The summed E-state index contributed by atoms with van der Waals surface area (Å²) in [6.07, 6.45) is 0. The highest BCUT2D eigenvalue weighted by Gasteiger charge is 2.19. The second kappa shape index (κ2) is 8.62. The van der Waals surface area contributed by atoms with E-state index in [0.717, 1.165) is 17.0 Å². The highest BCUT2D eigenvalue weighted by molar-refractivity contribution is 9.10. The first kappa shape index (κ1) is 21.4. The Morgan fingerprint density at radius 2 is 1.73 bits per heavy atom. The molecule has 0 atom stereocenters. The van der Waals surface area contributed by atoms with E-state index in [0.29, 0.717) is 21.9 Å². The van der Waals surface area contributed by atoms with Gasteiger partial charge in [-0.05, 0) is 67.4 Å². The molecule has 10 heteroatoms. The smallest absolute Gasteiger partial charge is 0.342 e. The highest BCUT2D eigenvalue weighted by atomic mass is 79.9. The lowest BCUT2D eigenvalue weighted by molar-refractivity contribution is -0.119. The van der Waals surface area contributed by atoms with Crippen molar-refractivity contribution in [2.75, 3.05) is 11.9 Å². The summed E-state index contributed by atoms with van der Waals surface area (Å²) in [7, 11) is 0. The van der Waals surface area contributed by atoms with Crippen LogP contribution < -0.4 is 5.32 Å². The number of ether oxygens (including phenoxy) is 1. The number of hydrogen-bond donors (Lipinski definition) is 2. The standard InChI is InChI=1S/C20H20BrN5O4/c1-10-5-14(18(28)15(21)6-10)19(29)30-9-17(27)24-16-8-13(4)25-26(16)20-22-11(2)7-12(3)23-20/h5-8,28H,9H2,1-4H3,(H,24,27). The Labute approximate surface area is 181 Å². The molecule has 0 aliphatic carbocycles. The average molecular weight is 474 g/mol. The summed E-state index contributed by atoms with van der Waals surface area (Å²) in [4.78, 5) is 33.3. The van der Waals surface area contributed by atoms with E-state index in [1.54, 1.807) is 26.0 Å². The number of benzene rings is 1. The number of carbonyl (C=O) groups is 2. The Kier molecular flexibility index (Phi) is 6.16. The van der Waals surface area contributed by atoms with Gasteiger partial charge in [0.15, 0.2) is 6.61 Å². The predicted molar refractivity (Wildman–Crippen MR) is 113 cm³/mol. The molecule has 0 fully saturated rings. The Bertz CT molecular complexity index is 1120. The third-order valence-electron chi connectivity index (χ3n) is 4.02. The minimum atomic E-state index is -0.811. The van der Waals surface area contributed by atoms with Crippen LogP contribution in [0.1, 0.15) is 33.0 Å². The monoisotopic (exact) mass is 473 g/mol. The minimum absolute atomic E-state index is 0.0285. The van der Waals surface area contributed by atoms with Crippen molar-refractivity contribution >= 4 is 33.6 Å². The van der Waals surface area contributed by atoms with Crippen molar-refractivity contribution in [3.63, 3.8) is 0 Å². The minimum Gasteiger partial charge on any atom is -0.506 e. The number of amides is 1. The van der Waals surface area contributed by atoms with Crippen molar-refractivity contribution in [2.45, 2.75) is 27.7 Å². The molecule has 30 heavy (non-hydrogen) atoms. The average Bonchev–Trinajstić information content (AvgIpc) is 3.02. The summed E-state index contributed by atoms with van der Waals surface area (Å²) in [5.74, 6) is -0.955. The van der Waals surface area contributed by atoms with Crippen molar-refractivity contribution < 1.29 is 19.4 Å². The van der Waals surface area contributed by atoms with E-state index in [1.807, 2.05) is 19.9 Å². The first-order chi connectivity index (χ1) is 14.1. The van der Waals surface area contributed by atoms with Crippen LogP contribution in [0.5, 0.6) is 5.75 Å². The number of carbonyl (C=O) groups excluding carboxylic acids is 2. The van der Waals surface area contributed by atoms with Crippen molar-refractivity contribution in [3.8, 4) is 11.7 Å². The summed E-state index contributed by atoms with van der Waals surface area (Å²) in [5, 5.41) is 17.0. The first-order valence-electron chi connectivity index (χ1n) is 8.99. The number of aryl methyl sites for hydroxylation is 4. The van der Waals surface area contributed by atoms with E-state index < -0.39 is 18.5 Å². The number of aromatic nitrogens is 4. The number of nitrogens with zero attached hydrogens (tertiary/aromatic N) is 4. The Morgan fingerprint density at radius 1 is 1.07 bits per heavy atom. The van der Waals surface area contributed by atoms with Gasteiger partial charge in [-0.3, -0.25) is 4.79 Å². The molecule has 0 aliphatic rings. The van der Waals surface area contributed by atoms with E-state index in [1.165, 1.54) is 10.7 Å². The molecule has 2 aromatic heterocycles. The van der Waals surface area contributed by atoms with Gasteiger partial charge >= 0.3 is 5.97 Å². The zero-order chi connectivity index (χ0) is 22.0. The highest BCUT2D eigenvalue weighted by Crippen LogP contribution is 2.29. The fraction of sp³-hybridized carbons (Fsp3) is 0.250. The Morgan fingerprint density at radius 3 is 2.40 bits per heavy atom. The predicted octanol–water partition coefficient (Wildman–Crippen LogP) is 3.16. The van der Waals surface area contributed by atoms with E-state index in [4.69, 9.17) is 4.74 Å². The summed E-state index contributed by atoms with van der Waals surface area (Å²) in [6.45, 7) is 6.68. The molecule has 0 radical (unpaired) electrons. The molecule has 156 valence electrons. The fourth-order valence-corrected chi connectivity index (χ4v) is 3.40. The molecule has 0 aliphatic heterocycles. The molecule has 3 aromatic rings. The number of phenolic OH excluding ortho intramolecular Hbond substituents is 1. The Balaban J connectivity index is 1.72. The van der Waals surface area contributed by atoms with Gasteiger partial charge in [0.25, 0.3) is 11.9 Å². The fourth-order valence-electron chi connectivity index (χ4n) is 2.82. The van der Waals surface area contributed by atoms with Gasteiger partial charge in [-0.15, -0.1) is 0 Å². The quantitative estimate of drug-likeness (QED) is 0.546. The molecule has 0 saturated carbocycles. The summed E-state index contributed by atoms with van der Waals surface area (Å²) in [6, 6.07) is 6.63. The summed E-state index contributed by atoms with van der Waals surface area (Å²) in [5.41, 5.74) is 2.91. The van der Waals surface area contributed by atoms with Gasteiger partial charge in [-0.2, -0.15) is 9.78 Å². The molecule has 0 saturated heterocycles. The molecule has 0 unspecified atom stereocenters. The van der Waals surface area contributed by atoms with E-state index in [9.17, 15) is 14.7 Å². The normalized spacial score (nSPS) is 10.7. The summed E-state index contributed by atoms with van der Waals surface area (Å²) < 4.78 is 6.83. The lowest BCUT2D eigenvalue weighted by atomic mass is 10.1. The van der Waals surface area contributed by atoms with Gasteiger partial charge in [-0.1, -0.05) is 0 Å². The zero-order valence-electron chi connectivity index (χ0n) is 16.9. The number of aromatic hydroxyl groups is 1.